The molecule has 6 nitrogen and oxygen atoms in total. The first-order chi connectivity index (χ1) is 19.1. The van der Waals surface area contributed by atoms with Gasteiger partial charge >= 0.3 is 0 Å². The Morgan fingerprint density at radius 3 is 2.56 bits per heavy atom. The van der Waals surface area contributed by atoms with E-state index < -0.39 is 0 Å². The summed E-state index contributed by atoms with van der Waals surface area (Å²) in [7, 11) is 2.00. The number of nitrogens with two attached hydrogens (primary N) is 1. The summed E-state index contributed by atoms with van der Waals surface area (Å²) in [5.41, 5.74) is 13.1. The maximum atomic E-state index is 6.45. The molecule has 1 aromatic carbocycles. The van der Waals surface area contributed by atoms with Gasteiger partial charge in [0.2, 0.25) is 0 Å². The van der Waals surface area contributed by atoms with Crippen molar-refractivity contribution in [1.29, 1.82) is 0 Å². The third-order valence-corrected chi connectivity index (χ3v) is 6.96. The maximum absolute atomic E-state index is 6.45. The monoisotopic (exact) mass is 528 g/mol. The average Bonchev–Trinajstić information content (AvgIpc) is 3.07. The lowest BCUT2D eigenvalue weighted by Crippen LogP contribution is -2.17. The summed E-state index contributed by atoms with van der Waals surface area (Å²) in [4.78, 5) is 9.72. The molecule has 0 amide bonds. The van der Waals surface area contributed by atoms with Crippen LogP contribution in [0.15, 0.2) is 71.9 Å². The van der Waals surface area contributed by atoms with E-state index in [-0.39, 0.29) is 6.04 Å². The predicted octanol–water partition coefficient (Wildman–Crippen LogP) is 6.28. The van der Waals surface area contributed by atoms with E-state index in [0.29, 0.717) is 5.84 Å². The topological polar surface area (TPSA) is 80.3 Å². The molecule has 0 spiro atoms. The Labute approximate surface area is 235 Å². The molecule has 0 radical (unpaired) electrons. The van der Waals surface area contributed by atoms with E-state index in [2.05, 4.69) is 77.3 Å². The quantitative estimate of drug-likeness (QED) is 0.252. The molecule has 39 heavy (non-hydrogen) atoms. The predicted molar refractivity (Wildman–Crippen MR) is 167 cm³/mol. The fraction of sp³-hybridized carbons (Fsp3) is 0.455. The van der Waals surface area contributed by atoms with Gasteiger partial charge < -0.3 is 20.9 Å². The van der Waals surface area contributed by atoms with Crippen LogP contribution in [0.4, 0.5) is 0 Å². The van der Waals surface area contributed by atoms with Crippen molar-refractivity contribution in [3.8, 4) is 0 Å². The van der Waals surface area contributed by atoms with Gasteiger partial charge in [-0.3, -0.25) is 4.99 Å². The second kappa shape index (κ2) is 15.9. The number of hydrogen-bond acceptors (Lipinski definition) is 5. The Bertz CT molecular complexity index is 1180. The van der Waals surface area contributed by atoms with Crippen molar-refractivity contribution in [3.63, 3.8) is 0 Å². The van der Waals surface area contributed by atoms with E-state index in [1.165, 1.54) is 30.4 Å². The molecule has 6 heteroatoms. The minimum Gasteiger partial charge on any atom is -0.385 e. The Balaban J connectivity index is 0.00000205. The standard InChI is InChI=1S/C31H42N6.C2H6/c1-4-5-14-28-36-29-30(26-12-8-9-13-27(20-26)35-31(29)32)37(28)22-25-17-15-24(16-18-25)21-34-23(2)11-7-6-10-19-33-3;1-2/h8-9,12-13,15-18,20,27,33-34H,2,4-7,10-11,14,19,21-22H2,1,3H3,(H2,32,35);1-2H3. The van der Waals surface area contributed by atoms with Crippen LogP contribution in [0.1, 0.15) is 87.6 Å². The van der Waals surface area contributed by atoms with Gasteiger partial charge in [-0.2, -0.15) is 0 Å². The summed E-state index contributed by atoms with van der Waals surface area (Å²) in [5, 5.41) is 6.70. The number of aryl methyl sites for hydroxylation is 1. The molecule has 4 rings (SSSR count). The summed E-state index contributed by atoms with van der Waals surface area (Å²) in [6, 6.07) is 8.82. The molecule has 1 aliphatic heterocycles. The summed E-state index contributed by atoms with van der Waals surface area (Å²) in [6.45, 7) is 13.1. The Hall–Kier alpha value is -3.38. The average molecular weight is 529 g/mol. The van der Waals surface area contributed by atoms with Crippen LogP contribution in [0.25, 0.3) is 5.57 Å². The Morgan fingerprint density at radius 2 is 1.82 bits per heavy atom. The molecule has 2 aliphatic rings. The number of benzene rings is 1. The molecular formula is C33H48N6. The number of nitrogens with zero attached hydrogens (tertiary/aromatic N) is 3. The molecule has 0 fully saturated rings. The van der Waals surface area contributed by atoms with Crippen LogP contribution in [-0.4, -0.2) is 35.0 Å². The first-order valence-electron chi connectivity index (χ1n) is 14.7. The van der Waals surface area contributed by atoms with Gasteiger partial charge in [0.05, 0.1) is 11.7 Å². The van der Waals surface area contributed by atoms with E-state index in [9.17, 15) is 0 Å². The number of rotatable bonds is 14. The minimum atomic E-state index is -0.0541. The lowest BCUT2D eigenvalue weighted by Gasteiger charge is -2.14. The van der Waals surface area contributed by atoms with Crippen LogP contribution in [-0.2, 0) is 19.5 Å². The Morgan fingerprint density at radius 1 is 1.05 bits per heavy atom. The molecule has 2 heterocycles. The first-order valence-corrected chi connectivity index (χ1v) is 14.7. The van der Waals surface area contributed by atoms with Crippen molar-refractivity contribution in [2.45, 2.75) is 84.8 Å². The molecular weight excluding hydrogens is 480 g/mol. The molecule has 0 saturated heterocycles. The van der Waals surface area contributed by atoms with E-state index in [4.69, 9.17) is 15.7 Å². The van der Waals surface area contributed by atoms with Crippen LogP contribution in [0.5, 0.6) is 0 Å². The van der Waals surface area contributed by atoms with Crippen LogP contribution < -0.4 is 16.4 Å². The molecule has 1 atom stereocenters. The smallest absolute Gasteiger partial charge is 0.147 e. The summed E-state index contributed by atoms with van der Waals surface area (Å²) >= 11 is 0. The summed E-state index contributed by atoms with van der Waals surface area (Å²) in [5.74, 6) is 1.60. The molecule has 210 valence electrons. The van der Waals surface area contributed by atoms with Gasteiger partial charge in [-0.05, 0) is 62.1 Å². The number of amidine groups is 1. The van der Waals surface area contributed by atoms with Crippen molar-refractivity contribution in [3.05, 3.63) is 95.3 Å². The second-order valence-corrected chi connectivity index (χ2v) is 9.97. The van der Waals surface area contributed by atoms with Gasteiger partial charge in [0.1, 0.15) is 17.4 Å². The number of imidazole rings is 1. The highest BCUT2D eigenvalue weighted by molar-refractivity contribution is 6.02. The van der Waals surface area contributed by atoms with E-state index >= 15 is 0 Å². The normalized spacial score (nSPS) is 15.3. The number of hydrogen-bond donors (Lipinski definition) is 3. The van der Waals surface area contributed by atoms with Gasteiger partial charge in [-0.25, -0.2) is 4.98 Å². The highest BCUT2D eigenvalue weighted by atomic mass is 15.1. The van der Waals surface area contributed by atoms with E-state index in [0.717, 1.165) is 73.8 Å². The van der Waals surface area contributed by atoms with Gasteiger partial charge in [-0.1, -0.05) is 88.8 Å². The molecule has 1 aromatic heterocycles. The lowest BCUT2D eigenvalue weighted by atomic mass is 10.1. The summed E-state index contributed by atoms with van der Waals surface area (Å²) < 4.78 is 2.35. The van der Waals surface area contributed by atoms with Gasteiger partial charge in [0, 0.05) is 25.2 Å². The number of fused-ring (bicyclic) bond motifs is 3. The molecule has 4 N–H and O–H groups in total. The Kier molecular flexibility index (Phi) is 12.3. The molecule has 1 aliphatic carbocycles. The van der Waals surface area contributed by atoms with Gasteiger partial charge in [-0.15, -0.1) is 0 Å². The van der Waals surface area contributed by atoms with E-state index in [1.807, 2.05) is 27.0 Å². The van der Waals surface area contributed by atoms with Gasteiger partial charge in [0.25, 0.3) is 0 Å². The molecule has 1 unspecified atom stereocenters. The number of nitrogens with one attached hydrogen (secondary N) is 2. The second-order valence-electron chi connectivity index (χ2n) is 9.97. The highest BCUT2D eigenvalue weighted by Crippen LogP contribution is 2.29. The van der Waals surface area contributed by atoms with E-state index in [1.54, 1.807) is 0 Å². The highest BCUT2D eigenvalue weighted by Gasteiger charge is 2.25. The number of allylic oxidation sites excluding steroid dienone is 5. The summed E-state index contributed by atoms with van der Waals surface area (Å²) in [6.07, 6.45) is 18.3. The zero-order valence-corrected chi connectivity index (χ0v) is 24.5. The number of aromatic nitrogens is 2. The van der Waals surface area contributed by atoms with Crippen molar-refractivity contribution in [1.82, 2.24) is 20.2 Å². The lowest BCUT2D eigenvalue weighted by molar-refractivity contribution is 0.622. The number of aliphatic imine (C=N–C) groups is 1. The minimum absolute atomic E-state index is 0.0541. The zero-order valence-electron chi connectivity index (χ0n) is 24.5. The first kappa shape index (κ1) is 30.2. The third kappa shape index (κ3) is 8.56. The maximum Gasteiger partial charge on any atom is 0.147 e. The fourth-order valence-corrected chi connectivity index (χ4v) is 4.84. The molecule has 0 saturated carbocycles. The van der Waals surface area contributed by atoms with Crippen molar-refractivity contribution in [2.75, 3.05) is 13.6 Å². The molecule has 2 aromatic rings. The molecule has 2 bridgehead atoms. The van der Waals surface area contributed by atoms with Crippen LogP contribution in [0.3, 0.4) is 0 Å². The zero-order chi connectivity index (χ0) is 28.0. The fourth-order valence-electron chi connectivity index (χ4n) is 4.84. The van der Waals surface area contributed by atoms with Crippen LogP contribution in [0.2, 0.25) is 0 Å². The van der Waals surface area contributed by atoms with Crippen LogP contribution >= 0.6 is 0 Å². The largest absolute Gasteiger partial charge is 0.385 e. The number of unbranched alkanes of at least 4 members (excludes halogenated alkanes) is 3. The van der Waals surface area contributed by atoms with Crippen molar-refractivity contribution in [2.24, 2.45) is 10.7 Å². The third-order valence-electron chi connectivity index (χ3n) is 6.96. The SMILES string of the molecule is C=C(CCCCCNC)NCc1ccc(Cn2c(CCCC)nc3c2C2=CC(C=CC=C2)N=C3N)cc1.CC. The van der Waals surface area contributed by atoms with Crippen molar-refractivity contribution >= 4 is 11.4 Å². The van der Waals surface area contributed by atoms with Crippen LogP contribution in [0, 0.1) is 0 Å². The van der Waals surface area contributed by atoms with Crippen molar-refractivity contribution < 1.29 is 0 Å². The van der Waals surface area contributed by atoms with Gasteiger partial charge in [0.15, 0.2) is 0 Å².